The molecule has 1 rings (SSSR count). The van der Waals surface area contributed by atoms with E-state index >= 15 is 0 Å². The van der Waals surface area contributed by atoms with Crippen LogP contribution in [-0.4, -0.2) is 29.7 Å². The molecule has 1 saturated carbocycles. The highest BCUT2D eigenvalue weighted by Crippen LogP contribution is 2.50. The van der Waals surface area contributed by atoms with E-state index in [0.717, 1.165) is 6.04 Å². The van der Waals surface area contributed by atoms with E-state index in [0.29, 0.717) is 26.4 Å². The van der Waals surface area contributed by atoms with E-state index in [-0.39, 0.29) is 17.5 Å². The zero-order valence-electron chi connectivity index (χ0n) is 17.1. The Labute approximate surface area is 153 Å². The van der Waals surface area contributed by atoms with Crippen molar-refractivity contribution in [3.05, 3.63) is 0 Å². The SMILES string of the molecule is CC(C[Si]OC(C)(C)C)C(=O)O[Si](C(C)C)(C(C)C)C1CCCC1. The van der Waals surface area contributed by atoms with Crippen LogP contribution in [0.15, 0.2) is 0 Å². The van der Waals surface area contributed by atoms with Gasteiger partial charge in [-0.25, -0.2) is 0 Å². The Kier molecular flexibility index (Phi) is 8.21. The molecule has 0 N–H and O–H groups in total. The van der Waals surface area contributed by atoms with Gasteiger partial charge in [0.25, 0.3) is 14.3 Å². The minimum Gasteiger partial charge on any atom is -0.518 e. The molecule has 1 aliphatic carbocycles. The van der Waals surface area contributed by atoms with Crippen LogP contribution in [0.25, 0.3) is 0 Å². The molecule has 0 aromatic carbocycles. The predicted molar refractivity (Wildman–Crippen MR) is 105 cm³/mol. The monoisotopic (exact) mass is 370 g/mol. The molecule has 1 aliphatic rings. The van der Waals surface area contributed by atoms with Gasteiger partial charge in [0, 0.05) is 5.60 Å². The molecule has 0 bridgehead atoms. The molecule has 2 radical (unpaired) electrons. The third-order valence-electron chi connectivity index (χ3n) is 5.25. The Morgan fingerprint density at radius 2 is 1.58 bits per heavy atom. The molecule has 1 unspecified atom stereocenters. The van der Waals surface area contributed by atoms with Crippen LogP contribution in [0.5, 0.6) is 0 Å². The standard InChI is InChI=1S/C19H38O3Si2/c1-14(2)24(15(3)4,17-11-9-10-12-17)21-18(20)16(5)13-23-22-19(6,7)8/h14-17H,9-13H2,1-8H3. The van der Waals surface area contributed by atoms with Gasteiger partial charge in [-0.2, -0.15) is 0 Å². The van der Waals surface area contributed by atoms with Crippen molar-refractivity contribution < 1.29 is 13.6 Å². The predicted octanol–water partition coefficient (Wildman–Crippen LogP) is 5.73. The molecule has 0 heterocycles. The Morgan fingerprint density at radius 1 is 1.08 bits per heavy atom. The summed E-state index contributed by atoms with van der Waals surface area (Å²) in [5, 5.41) is 0. The number of hydrogen-bond acceptors (Lipinski definition) is 3. The fourth-order valence-corrected chi connectivity index (χ4v) is 10.7. The Balaban J connectivity index is 2.76. The first-order valence-corrected chi connectivity index (χ1v) is 12.9. The minimum atomic E-state index is -2.11. The second-order valence-corrected chi connectivity index (χ2v) is 15.0. The van der Waals surface area contributed by atoms with Crippen molar-refractivity contribution in [1.29, 1.82) is 0 Å². The van der Waals surface area contributed by atoms with Crippen LogP contribution < -0.4 is 0 Å². The van der Waals surface area contributed by atoms with Crippen LogP contribution in [0, 0.1) is 5.92 Å². The zero-order chi connectivity index (χ0) is 18.5. The number of carbonyl (C=O) groups excluding carboxylic acids is 1. The van der Waals surface area contributed by atoms with Crippen molar-refractivity contribution in [3.8, 4) is 0 Å². The third-order valence-corrected chi connectivity index (χ3v) is 12.8. The van der Waals surface area contributed by atoms with Crippen LogP contribution >= 0.6 is 0 Å². The number of rotatable bonds is 8. The lowest BCUT2D eigenvalue weighted by molar-refractivity contribution is -0.139. The quantitative estimate of drug-likeness (QED) is 0.512. The second-order valence-electron chi connectivity index (χ2n) is 9.03. The largest absolute Gasteiger partial charge is 0.518 e. The molecule has 0 spiro atoms. The van der Waals surface area contributed by atoms with Gasteiger partial charge in [0.1, 0.15) is 0 Å². The summed E-state index contributed by atoms with van der Waals surface area (Å²) < 4.78 is 12.2. The first-order chi connectivity index (χ1) is 11.0. The van der Waals surface area contributed by atoms with Crippen LogP contribution in [0.2, 0.25) is 22.7 Å². The topological polar surface area (TPSA) is 35.5 Å². The molecule has 0 aromatic rings. The molecule has 1 fully saturated rings. The van der Waals surface area contributed by atoms with Crippen molar-refractivity contribution in [2.75, 3.05) is 0 Å². The lowest BCUT2D eigenvalue weighted by Crippen LogP contribution is -2.51. The third kappa shape index (κ3) is 5.70. The summed E-state index contributed by atoms with van der Waals surface area (Å²) >= 11 is 0. The first-order valence-electron chi connectivity index (χ1n) is 9.64. The Bertz CT molecular complexity index is 388. The summed E-state index contributed by atoms with van der Waals surface area (Å²) in [5.74, 6) is -0.0579. The van der Waals surface area contributed by atoms with E-state index in [1.807, 2.05) is 6.92 Å². The van der Waals surface area contributed by atoms with Crippen LogP contribution in [0.4, 0.5) is 0 Å². The van der Waals surface area contributed by atoms with Gasteiger partial charge in [-0.15, -0.1) is 0 Å². The van der Waals surface area contributed by atoms with Gasteiger partial charge in [-0.1, -0.05) is 47.5 Å². The molecule has 24 heavy (non-hydrogen) atoms. The number of hydrogen-bond donors (Lipinski definition) is 0. The maximum Gasteiger partial charge on any atom is 0.295 e. The summed E-state index contributed by atoms with van der Waals surface area (Å²) in [5.41, 5.74) is 1.46. The second kappa shape index (κ2) is 8.99. The van der Waals surface area contributed by atoms with Crippen molar-refractivity contribution >= 4 is 24.0 Å². The van der Waals surface area contributed by atoms with E-state index in [1.54, 1.807) is 0 Å². The van der Waals surface area contributed by atoms with Crippen molar-refractivity contribution in [2.24, 2.45) is 5.92 Å². The maximum atomic E-state index is 12.8. The lowest BCUT2D eigenvalue weighted by atomic mass is 10.2. The van der Waals surface area contributed by atoms with Gasteiger partial charge >= 0.3 is 0 Å². The van der Waals surface area contributed by atoms with E-state index in [9.17, 15) is 4.79 Å². The van der Waals surface area contributed by atoms with Gasteiger partial charge in [-0.3, -0.25) is 4.79 Å². The molecule has 0 aromatic heterocycles. The molecule has 0 aliphatic heterocycles. The summed E-state index contributed by atoms with van der Waals surface area (Å²) in [7, 11) is -1.75. The minimum absolute atomic E-state index is 0.0148. The highest BCUT2D eigenvalue weighted by molar-refractivity contribution is 6.79. The van der Waals surface area contributed by atoms with Gasteiger partial charge in [-0.05, 0) is 56.3 Å². The van der Waals surface area contributed by atoms with Gasteiger partial charge in [0.2, 0.25) is 9.76 Å². The number of carbonyl (C=O) groups is 1. The summed E-state index contributed by atoms with van der Waals surface area (Å²) in [6.45, 7) is 17.2. The van der Waals surface area contributed by atoms with Crippen LogP contribution in [-0.2, 0) is 13.6 Å². The molecule has 0 amide bonds. The fraction of sp³-hybridized carbons (Fsp3) is 0.947. The fourth-order valence-electron chi connectivity index (χ4n) is 4.05. The molecule has 5 heteroatoms. The first kappa shape index (κ1) is 21.9. The van der Waals surface area contributed by atoms with Crippen molar-refractivity contribution in [2.45, 2.75) is 109 Å². The van der Waals surface area contributed by atoms with Gasteiger partial charge < -0.3 is 8.85 Å². The molecule has 3 nitrogen and oxygen atoms in total. The van der Waals surface area contributed by atoms with Crippen LogP contribution in [0.1, 0.15) is 81.1 Å². The summed E-state index contributed by atoms with van der Waals surface area (Å²) in [4.78, 5) is 12.8. The van der Waals surface area contributed by atoms with Gasteiger partial charge in [0.15, 0.2) is 0 Å². The van der Waals surface area contributed by atoms with Crippen molar-refractivity contribution in [3.63, 3.8) is 0 Å². The highest BCUT2D eigenvalue weighted by atomic mass is 28.4. The highest BCUT2D eigenvalue weighted by Gasteiger charge is 2.52. The lowest BCUT2D eigenvalue weighted by Gasteiger charge is -2.43. The molecule has 1 atom stereocenters. The molecular formula is C19H38O3Si2. The maximum absolute atomic E-state index is 12.8. The average molecular weight is 371 g/mol. The van der Waals surface area contributed by atoms with E-state index in [2.05, 4.69) is 48.5 Å². The summed E-state index contributed by atoms with van der Waals surface area (Å²) in [6, 6.07) is 0.765. The average Bonchev–Trinajstić information content (AvgIpc) is 2.96. The van der Waals surface area contributed by atoms with E-state index < -0.39 is 8.32 Å². The van der Waals surface area contributed by atoms with E-state index in [1.165, 1.54) is 25.7 Å². The smallest absolute Gasteiger partial charge is 0.295 e. The molecule has 0 saturated heterocycles. The Hall–Kier alpha value is -0.136. The normalized spacial score (nSPS) is 18.4. The van der Waals surface area contributed by atoms with Crippen LogP contribution in [0.3, 0.4) is 0 Å². The Morgan fingerprint density at radius 3 is 2.00 bits per heavy atom. The van der Waals surface area contributed by atoms with E-state index in [4.69, 9.17) is 8.85 Å². The van der Waals surface area contributed by atoms with Crippen molar-refractivity contribution in [1.82, 2.24) is 0 Å². The zero-order valence-corrected chi connectivity index (χ0v) is 19.1. The molecule has 140 valence electrons. The molecular weight excluding hydrogens is 332 g/mol. The van der Waals surface area contributed by atoms with Gasteiger partial charge in [0.05, 0.1) is 5.92 Å². The summed E-state index contributed by atoms with van der Waals surface area (Å²) in [6.07, 6.45) is 5.10.